The number of likely N-dealkylation sites (N-methyl/N-ethyl adjacent to an activating group) is 1. The molecule has 1 aromatic rings. The summed E-state index contributed by atoms with van der Waals surface area (Å²) in [6, 6.07) is 6.48. The predicted molar refractivity (Wildman–Crippen MR) is 71.4 cm³/mol. The van der Waals surface area contributed by atoms with Gasteiger partial charge < -0.3 is 14.9 Å². The third-order valence-corrected chi connectivity index (χ3v) is 3.35. The van der Waals surface area contributed by atoms with Crippen LogP contribution in [0.1, 0.15) is 12.0 Å². The third kappa shape index (κ3) is 3.03. The summed E-state index contributed by atoms with van der Waals surface area (Å²) in [5.74, 6) is -0.406. The van der Waals surface area contributed by atoms with Gasteiger partial charge in [0.05, 0.1) is 23.4 Å². The highest BCUT2D eigenvalue weighted by atomic mass is 19.1. The Morgan fingerprint density at radius 2 is 2.26 bits per heavy atom. The van der Waals surface area contributed by atoms with Gasteiger partial charge in [-0.2, -0.15) is 5.26 Å². The van der Waals surface area contributed by atoms with Crippen molar-refractivity contribution >= 4 is 5.69 Å². The molecule has 102 valence electrons. The molecule has 0 bridgehead atoms. The van der Waals surface area contributed by atoms with Gasteiger partial charge in [-0.05, 0) is 38.7 Å². The standard InChI is InChI=1S/C14H18FN3O/c1-17(2)8-11-6-12(19)9-18(11)14-4-3-10(7-16)5-13(14)15/h3-5,11-12,19H,6,8-9H2,1-2H3. The first-order chi connectivity index (χ1) is 9.01. The fourth-order valence-electron chi connectivity index (χ4n) is 2.59. The number of benzene rings is 1. The average molecular weight is 263 g/mol. The summed E-state index contributed by atoms with van der Waals surface area (Å²) < 4.78 is 14.0. The van der Waals surface area contributed by atoms with E-state index in [1.165, 1.54) is 6.07 Å². The maximum atomic E-state index is 14.0. The quantitative estimate of drug-likeness (QED) is 0.890. The Kier molecular flexibility index (Phi) is 4.03. The van der Waals surface area contributed by atoms with Gasteiger partial charge in [-0.3, -0.25) is 0 Å². The lowest BCUT2D eigenvalue weighted by molar-refractivity contribution is 0.191. The number of aliphatic hydroxyl groups is 1. The van der Waals surface area contributed by atoms with Crippen molar-refractivity contribution in [2.45, 2.75) is 18.6 Å². The van der Waals surface area contributed by atoms with Gasteiger partial charge in [0.25, 0.3) is 0 Å². The molecule has 1 saturated heterocycles. The SMILES string of the molecule is CN(C)CC1CC(O)CN1c1ccc(C#N)cc1F. The first-order valence-corrected chi connectivity index (χ1v) is 6.30. The zero-order valence-corrected chi connectivity index (χ0v) is 11.2. The van der Waals surface area contributed by atoms with Crippen molar-refractivity contribution in [3.8, 4) is 6.07 Å². The average Bonchev–Trinajstić information content (AvgIpc) is 2.69. The van der Waals surface area contributed by atoms with Crippen LogP contribution < -0.4 is 4.90 Å². The van der Waals surface area contributed by atoms with Gasteiger partial charge in [-0.15, -0.1) is 0 Å². The molecule has 0 saturated carbocycles. The summed E-state index contributed by atoms with van der Waals surface area (Å²) in [5, 5.41) is 18.6. The minimum Gasteiger partial charge on any atom is -0.391 e. The van der Waals surface area contributed by atoms with E-state index in [0.717, 1.165) is 6.54 Å². The summed E-state index contributed by atoms with van der Waals surface area (Å²) >= 11 is 0. The number of halogens is 1. The number of aliphatic hydroxyl groups excluding tert-OH is 1. The van der Waals surface area contributed by atoms with Crippen molar-refractivity contribution in [1.29, 1.82) is 5.26 Å². The molecule has 0 aliphatic carbocycles. The van der Waals surface area contributed by atoms with Crippen LogP contribution in [-0.4, -0.2) is 49.3 Å². The molecular formula is C14H18FN3O. The molecule has 0 amide bonds. The summed E-state index contributed by atoms with van der Waals surface area (Å²) in [5.41, 5.74) is 0.771. The highest BCUT2D eigenvalue weighted by Crippen LogP contribution is 2.29. The van der Waals surface area contributed by atoms with Crippen LogP contribution in [0.25, 0.3) is 0 Å². The van der Waals surface area contributed by atoms with Crippen molar-refractivity contribution < 1.29 is 9.50 Å². The number of hydrogen-bond donors (Lipinski definition) is 1. The molecule has 4 nitrogen and oxygen atoms in total. The minimum absolute atomic E-state index is 0.0902. The van der Waals surface area contributed by atoms with Gasteiger partial charge in [-0.25, -0.2) is 4.39 Å². The molecule has 1 heterocycles. The number of rotatable bonds is 3. The first kappa shape index (κ1) is 13.8. The van der Waals surface area contributed by atoms with E-state index in [1.54, 1.807) is 12.1 Å². The van der Waals surface area contributed by atoms with Gasteiger partial charge in [0.15, 0.2) is 0 Å². The molecule has 0 aromatic heterocycles. The molecule has 0 spiro atoms. The number of nitriles is 1. The van der Waals surface area contributed by atoms with Crippen molar-refractivity contribution in [3.63, 3.8) is 0 Å². The number of nitrogens with zero attached hydrogens (tertiary/aromatic N) is 3. The van der Waals surface area contributed by atoms with E-state index in [2.05, 4.69) is 0 Å². The molecule has 2 atom stereocenters. The van der Waals surface area contributed by atoms with Crippen molar-refractivity contribution in [1.82, 2.24) is 4.90 Å². The van der Waals surface area contributed by atoms with Gasteiger partial charge in [0.1, 0.15) is 5.82 Å². The van der Waals surface area contributed by atoms with Crippen molar-refractivity contribution in [3.05, 3.63) is 29.6 Å². The molecule has 5 heteroatoms. The molecule has 1 aliphatic rings. The molecule has 0 radical (unpaired) electrons. The highest BCUT2D eigenvalue weighted by molar-refractivity contribution is 5.53. The van der Waals surface area contributed by atoms with Crippen LogP contribution in [0.3, 0.4) is 0 Å². The largest absolute Gasteiger partial charge is 0.391 e. The van der Waals surface area contributed by atoms with Crippen LogP contribution in [0.2, 0.25) is 0 Å². The Balaban J connectivity index is 2.26. The second-order valence-corrected chi connectivity index (χ2v) is 5.24. The Hall–Kier alpha value is -1.64. The fraction of sp³-hybridized carbons (Fsp3) is 0.500. The molecule has 1 aromatic carbocycles. The Morgan fingerprint density at radius 1 is 1.53 bits per heavy atom. The maximum Gasteiger partial charge on any atom is 0.147 e. The summed E-state index contributed by atoms with van der Waals surface area (Å²) in [7, 11) is 3.91. The lowest BCUT2D eigenvalue weighted by atomic mass is 10.1. The zero-order valence-electron chi connectivity index (χ0n) is 11.2. The van der Waals surface area contributed by atoms with Crippen molar-refractivity contribution in [2.24, 2.45) is 0 Å². The first-order valence-electron chi connectivity index (χ1n) is 6.30. The second-order valence-electron chi connectivity index (χ2n) is 5.24. The molecule has 1 N–H and O–H groups in total. The van der Waals surface area contributed by atoms with Gasteiger partial charge in [0.2, 0.25) is 0 Å². The predicted octanol–water partition coefficient (Wildman–Crippen LogP) is 1.20. The summed E-state index contributed by atoms with van der Waals surface area (Å²) in [6.45, 7) is 1.19. The highest BCUT2D eigenvalue weighted by Gasteiger charge is 2.32. The van der Waals surface area contributed by atoms with Gasteiger partial charge >= 0.3 is 0 Å². The Bertz CT molecular complexity index is 498. The lowest BCUT2D eigenvalue weighted by Crippen LogP contribution is -2.38. The summed E-state index contributed by atoms with van der Waals surface area (Å²) in [6.07, 6.45) is 0.206. The number of β-amino-alcohol motifs (C(OH)–C–C–N with tert-alkyl or cyclic N) is 1. The van der Waals surface area contributed by atoms with E-state index in [4.69, 9.17) is 5.26 Å². The Morgan fingerprint density at radius 3 is 2.84 bits per heavy atom. The molecule has 1 fully saturated rings. The normalized spacial score (nSPS) is 22.8. The van der Waals surface area contributed by atoms with E-state index in [0.29, 0.717) is 24.2 Å². The van der Waals surface area contributed by atoms with Gasteiger partial charge in [0, 0.05) is 19.1 Å². The molecule has 2 unspecified atom stereocenters. The van der Waals surface area contributed by atoms with E-state index >= 15 is 0 Å². The Labute approximate surface area is 112 Å². The smallest absolute Gasteiger partial charge is 0.147 e. The van der Waals surface area contributed by atoms with Crippen LogP contribution in [0.15, 0.2) is 18.2 Å². The summed E-state index contributed by atoms with van der Waals surface area (Å²) in [4.78, 5) is 3.92. The van der Waals surface area contributed by atoms with Crippen LogP contribution in [0.4, 0.5) is 10.1 Å². The maximum absolute atomic E-state index is 14.0. The van der Waals surface area contributed by atoms with E-state index in [9.17, 15) is 9.50 Å². The van der Waals surface area contributed by atoms with Gasteiger partial charge in [-0.1, -0.05) is 0 Å². The van der Waals surface area contributed by atoms with E-state index < -0.39 is 11.9 Å². The van der Waals surface area contributed by atoms with E-state index in [-0.39, 0.29) is 6.04 Å². The molecular weight excluding hydrogens is 245 g/mol. The van der Waals surface area contributed by atoms with Crippen LogP contribution in [0.5, 0.6) is 0 Å². The lowest BCUT2D eigenvalue weighted by Gasteiger charge is -2.29. The molecule has 19 heavy (non-hydrogen) atoms. The van der Waals surface area contributed by atoms with Crippen LogP contribution >= 0.6 is 0 Å². The van der Waals surface area contributed by atoms with E-state index in [1.807, 2.05) is 30.0 Å². The zero-order chi connectivity index (χ0) is 14.0. The van der Waals surface area contributed by atoms with Crippen LogP contribution in [0, 0.1) is 17.1 Å². The third-order valence-electron chi connectivity index (χ3n) is 3.35. The topological polar surface area (TPSA) is 50.5 Å². The number of hydrogen-bond acceptors (Lipinski definition) is 4. The number of anilines is 1. The monoisotopic (exact) mass is 263 g/mol. The minimum atomic E-state index is -0.431. The fourth-order valence-corrected chi connectivity index (χ4v) is 2.59. The second kappa shape index (κ2) is 5.55. The molecule has 2 rings (SSSR count). The van der Waals surface area contributed by atoms with Crippen LogP contribution in [-0.2, 0) is 0 Å². The molecule has 1 aliphatic heterocycles. The van der Waals surface area contributed by atoms with Crippen molar-refractivity contribution in [2.75, 3.05) is 32.1 Å².